The molecule has 0 spiro atoms. The van der Waals surface area contributed by atoms with Gasteiger partial charge in [-0.2, -0.15) is 0 Å². The minimum Gasteiger partial charge on any atom is -0.496 e. The molecule has 146 valence electrons. The maximum atomic E-state index is 10.6. The van der Waals surface area contributed by atoms with Gasteiger partial charge in [-0.15, -0.1) is 0 Å². The van der Waals surface area contributed by atoms with Gasteiger partial charge in [-0.25, -0.2) is 4.79 Å². The Kier molecular flexibility index (Phi) is 22.5. The molecule has 0 bridgehead atoms. The van der Waals surface area contributed by atoms with Crippen LogP contribution in [0.15, 0.2) is 18.2 Å². The van der Waals surface area contributed by atoms with Gasteiger partial charge in [0.05, 0.1) is 13.7 Å². The Hall–Kier alpha value is -1.92. The number of aryl methyl sites for hydroxylation is 2. The number of methoxy groups -OCH3 is 2. The van der Waals surface area contributed by atoms with E-state index in [1.807, 2.05) is 38.8 Å². The van der Waals surface area contributed by atoms with E-state index in [1.54, 1.807) is 21.0 Å². The number of nitrogens with two attached hydrogens (primary N) is 1. The van der Waals surface area contributed by atoms with Crippen LogP contribution in [-0.4, -0.2) is 46.2 Å². The highest BCUT2D eigenvalue weighted by Gasteiger charge is 2.10. The van der Waals surface area contributed by atoms with Crippen LogP contribution in [0.2, 0.25) is 0 Å². The topological polar surface area (TPSA) is 87.9 Å². The molecule has 2 N–H and O–H groups in total. The van der Waals surface area contributed by atoms with Gasteiger partial charge in [-0.05, 0) is 51.8 Å². The summed E-state index contributed by atoms with van der Waals surface area (Å²) in [5, 5.41) is 0. The van der Waals surface area contributed by atoms with Gasteiger partial charge in [0, 0.05) is 7.11 Å². The van der Waals surface area contributed by atoms with E-state index in [1.165, 1.54) is 18.2 Å². The van der Waals surface area contributed by atoms with Crippen LogP contribution in [0.4, 0.5) is 0 Å². The molecular weight excluding hydrogens is 322 g/mol. The second-order valence-corrected chi connectivity index (χ2v) is 4.84. The molecule has 1 atom stereocenters. The van der Waals surface area contributed by atoms with Crippen LogP contribution >= 0.6 is 0 Å². The van der Waals surface area contributed by atoms with E-state index in [9.17, 15) is 4.79 Å². The minimum atomic E-state index is -0.440. The first-order chi connectivity index (χ1) is 11.9. The number of rotatable bonds is 5. The number of carbonyl (C=O) groups is 2. The molecule has 0 amide bonds. The number of ether oxygens (including phenoxy) is 3. The second kappa shape index (κ2) is 20.1. The summed E-state index contributed by atoms with van der Waals surface area (Å²) in [5.41, 5.74) is 7.42. The summed E-state index contributed by atoms with van der Waals surface area (Å²) < 4.78 is 14.5. The predicted octanol–water partition coefficient (Wildman–Crippen LogP) is 3.07. The quantitative estimate of drug-likeness (QED) is 0.815. The molecule has 6 nitrogen and oxygen atoms in total. The van der Waals surface area contributed by atoms with Crippen LogP contribution < -0.4 is 10.5 Å². The standard InChI is InChI=1S/C9H12O.C6H12O3.C3H9N.CH2O/c1-7-5-4-6-8(2)9(7)10-3;1-4-9-6(7)5(2)8-3;1-2-3-4;1-2/h4-6H,1-3H3;5H,4H2,1-3H3;2-4H2,1H3;1H2/t;5-;;/m.0../s1. The van der Waals surface area contributed by atoms with Crippen LogP contribution in [0.3, 0.4) is 0 Å². The average Bonchev–Trinajstić information content (AvgIpc) is 2.64. The van der Waals surface area contributed by atoms with E-state index < -0.39 is 6.10 Å². The van der Waals surface area contributed by atoms with Gasteiger partial charge < -0.3 is 24.7 Å². The summed E-state index contributed by atoms with van der Waals surface area (Å²) in [5.74, 6) is 0.697. The lowest BCUT2D eigenvalue weighted by atomic mass is 10.1. The average molecular weight is 357 g/mol. The van der Waals surface area contributed by atoms with Gasteiger partial charge in [0.15, 0.2) is 6.10 Å². The molecule has 0 saturated carbocycles. The molecule has 0 aliphatic heterocycles. The molecule has 0 fully saturated rings. The monoisotopic (exact) mass is 357 g/mol. The van der Waals surface area contributed by atoms with Crippen molar-refractivity contribution in [2.45, 2.75) is 47.1 Å². The molecule has 0 heterocycles. The first-order valence-corrected chi connectivity index (χ1v) is 8.17. The maximum Gasteiger partial charge on any atom is 0.334 e. The summed E-state index contributed by atoms with van der Waals surface area (Å²) in [6.07, 6.45) is 0.657. The molecule has 0 aromatic heterocycles. The number of hydrogen-bond donors (Lipinski definition) is 1. The van der Waals surface area contributed by atoms with E-state index in [-0.39, 0.29) is 5.97 Å². The van der Waals surface area contributed by atoms with Crippen LogP contribution in [0.5, 0.6) is 5.75 Å². The Balaban J connectivity index is -0.000000298. The Bertz CT molecular complexity index is 416. The third kappa shape index (κ3) is 15.4. The summed E-state index contributed by atoms with van der Waals surface area (Å²) >= 11 is 0. The number of carbonyl (C=O) groups excluding carboxylic acids is 2. The Morgan fingerprint density at radius 2 is 1.60 bits per heavy atom. The zero-order valence-corrected chi connectivity index (χ0v) is 16.8. The summed E-state index contributed by atoms with van der Waals surface area (Å²) in [6.45, 7) is 12.8. The molecule has 0 saturated heterocycles. The zero-order chi connectivity index (χ0) is 20.3. The SMILES string of the molecule is C=O.CCCN.CCOC(=O)[C@H](C)OC.COc1c(C)cccc1C. The van der Waals surface area contributed by atoms with Crippen molar-refractivity contribution >= 4 is 12.8 Å². The fourth-order valence-electron chi connectivity index (χ4n) is 1.48. The Labute approximate surface area is 152 Å². The lowest BCUT2D eigenvalue weighted by molar-refractivity contribution is -0.153. The summed E-state index contributed by atoms with van der Waals surface area (Å²) in [4.78, 5) is 18.6. The first kappa shape index (κ1) is 27.9. The third-order valence-electron chi connectivity index (χ3n) is 2.87. The molecule has 1 rings (SSSR count). The lowest BCUT2D eigenvalue weighted by Gasteiger charge is -2.06. The van der Waals surface area contributed by atoms with E-state index in [4.69, 9.17) is 15.3 Å². The van der Waals surface area contributed by atoms with E-state index in [0.717, 1.165) is 18.7 Å². The van der Waals surface area contributed by atoms with Crippen LogP contribution in [0.1, 0.15) is 38.3 Å². The molecule has 6 heteroatoms. The van der Waals surface area contributed by atoms with Crippen molar-refractivity contribution in [2.24, 2.45) is 5.73 Å². The summed E-state index contributed by atoms with van der Waals surface area (Å²) in [7, 11) is 3.18. The molecule has 1 aromatic rings. The highest BCUT2D eigenvalue weighted by atomic mass is 16.6. The fraction of sp³-hybridized carbons (Fsp3) is 0.579. The molecule has 0 aliphatic carbocycles. The highest BCUT2D eigenvalue weighted by molar-refractivity contribution is 5.74. The largest absolute Gasteiger partial charge is 0.496 e. The van der Waals surface area contributed by atoms with Crippen molar-refractivity contribution in [3.8, 4) is 5.75 Å². The van der Waals surface area contributed by atoms with Crippen molar-refractivity contribution < 1.29 is 23.8 Å². The molecule has 25 heavy (non-hydrogen) atoms. The predicted molar refractivity (Wildman–Crippen MR) is 102 cm³/mol. The second-order valence-electron chi connectivity index (χ2n) is 4.84. The van der Waals surface area contributed by atoms with Crippen LogP contribution in [0, 0.1) is 13.8 Å². The smallest absolute Gasteiger partial charge is 0.334 e. The van der Waals surface area contributed by atoms with E-state index >= 15 is 0 Å². The molecular formula is C19H35NO5. The van der Waals surface area contributed by atoms with Crippen molar-refractivity contribution in [3.05, 3.63) is 29.3 Å². The Morgan fingerprint density at radius 3 is 1.84 bits per heavy atom. The third-order valence-corrected chi connectivity index (χ3v) is 2.87. The van der Waals surface area contributed by atoms with Gasteiger partial charge in [0.25, 0.3) is 0 Å². The van der Waals surface area contributed by atoms with Gasteiger partial charge in [0.2, 0.25) is 0 Å². The number of esters is 1. The minimum absolute atomic E-state index is 0.306. The number of benzene rings is 1. The van der Waals surface area contributed by atoms with E-state index in [2.05, 4.69) is 16.4 Å². The number of hydrogen-bond acceptors (Lipinski definition) is 6. The molecule has 0 radical (unpaired) electrons. The first-order valence-electron chi connectivity index (χ1n) is 8.17. The fourth-order valence-corrected chi connectivity index (χ4v) is 1.48. The molecule has 1 aromatic carbocycles. The summed E-state index contributed by atoms with van der Waals surface area (Å²) in [6, 6.07) is 6.13. The maximum absolute atomic E-state index is 10.6. The van der Waals surface area contributed by atoms with Crippen molar-refractivity contribution in [2.75, 3.05) is 27.4 Å². The van der Waals surface area contributed by atoms with Gasteiger partial charge in [0.1, 0.15) is 12.5 Å². The molecule has 0 unspecified atom stereocenters. The van der Waals surface area contributed by atoms with Crippen molar-refractivity contribution in [3.63, 3.8) is 0 Å². The zero-order valence-electron chi connectivity index (χ0n) is 16.8. The Morgan fingerprint density at radius 1 is 1.16 bits per heavy atom. The van der Waals surface area contributed by atoms with Crippen LogP contribution in [0.25, 0.3) is 0 Å². The van der Waals surface area contributed by atoms with Gasteiger partial charge >= 0.3 is 5.97 Å². The lowest BCUT2D eigenvalue weighted by Crippen LogP contribution is -2.21. The van der Waals surface area contributed by atoms with Crippen LogP contribution in [-0.2, 0) is 19.1 Å². The van der Waals surface area contributed by atoms with Crippen molar-refractivity contribution in [1.29, 1.82) is 0 Å². The van der Waals surface area contributed by atoms with E-state index in [0.29, 0.717) is 6.61 Å². The van der Waals surface area contributed by atoms with Gasteiger partial charge in [-0.3, -0.25) is 0 Å². The number of para-hydroxylation sites is 1. The molecule has 0 aliphatic rings. The van der Waals surface area contributed by atoms with Crippen molar-refractivity contribution in [1.82, 2.24) is 0 Å². The normalized spacial score (nSPS) is 9.76. The van der Waals surface area contributed by atoms with Gasteiger partial charge in [-0.1, -0.05) is 25.1 Å². The highest BCUT2D eigenvalue weighted by Crippen LogP contribution is 2.20.